The van der Waals surface area contributed by atoms with Gasteiger partial charge in [0.05, 0.1) is 13.2 Å². The molecule has 1 N–H and O–H groups in total. The molecule has 1 aliphatic rings. The average Bonchev–Trinajstić information content (AvgIpc) is 2.23. The summed E-state index contributed by atoms with van der Waals surface area (Å²) >= 11 is 0. The van der Waals surface area contributed by atoms with Crippen molar-refractivity contribution < 1.29 is 9.47 Å². The Bertz CT molecular complexity index is 323. The van der Waals surface area contributed by atoms with Gasteiger partial charge in [0, 0.05) is 7.11 Å². The van der Waals surface area contributed by atoms with Crippen LogP contribution in [-0.4, -0.2) is 26.8 Å². The van der Waals surface area contributed by atoms with Crippen LogP contribution in [0.4, 0.5) is 0 Å². The zero-order valence-corrected chi connectivity index (χ0v) is 9.74. The van der Waals surface area contributed by atoms with Crippen molar-refractivity contribution >= 4 is 0 Å². The standard InChI is InChI=1S/C13H19NO2/c1-15-10-11-3-2-4-13(7-11)16-6-5-12-8-14-9-12/h2-4,7,12,14H,5-6,8-10H2,1H3. The Hall–Kier alpha value is -1.06. The Labute approximate surface area is 96.8 Å². The molecule has 16 heavy (non-hydrogen) atoms. The molecule has 0 radical (unpaired) electrons. The molecule has 0 bridgehead atoms. The fourth-order valence-corrected chi connectivity index (χ4v) is 1.79. The van der Waals surface area contributed by atoms with Crippen LogP contribution in [0.2, 0.25) is 0 Å². The molecular formula is C13H19NO2. The Kier molecular flexibility index (Phi) is 4.19. The topological polar surface area (TPSA) is 30.5 Å². The molecule has 1 heterocycles. The van der Waals surface area contributed by atoms with Gasteiger partial charge in [-0.15, -0.1) is 0 Å². The van der Waals surface area contributed by atoms with Gasteiger partial charge in [-0.1, -0.05) is 12.1 Å². The van der Waals surface area contributed by atoms with E-state index in [9.17, 15) is 0 Å². The highest BCUT2D eigenvalue weighted by atomic mass is 16.5. The molecule has 0 amide bonds. The van der Waals surface area contributed by atoms with Crippen molar-refractivity contribution in [2.45, 2.75) is 13.0 Å². The first-order valence-corrected chi connectivity index (χ1v) is 5.80. The quantitative estimate of drug-likeness (QED) is 0.795. The molecule has 1 aliphatic heterocycles. The van der Waals surface area contributed by atoms with E-state index in [2.05, 4.69) is 5.32 Å². The summed E-state index contributed by atoms with van der Waals surface area (Å²) in [5.41, 5.74) is 1.16. The van der Waals surface area contributed by atoms with Crippen LogP contribution in [-0.2, 0) is 11.3 Å². The number of hydrogen-bond acceptors (Lipinski definition) is 3. The molecule has 2 rings (SSSR count). The van der Waals surface area contributed by atoms with Crippen molar-refractivity contribution in [2.24, 2.45) is 5.92 Å². The molecule has 1 saturated heterocycles. The number of rotatable bonds is 6. The highest BCUT2D eigenvalue weighted by Crippen LogP contribution is 2.15. The minimum absolute atomic E-state index is 0.643. The summed E-state index contributed by atoms with van der Waals surface area (Å²) in [6.45, 7) is 3.74. The Balaban J connectivity index is 1.76. The van der Waals surface area contributed by atoms with E-state index in [4.69, 9.17) is 9.47 Å². The van der Waals surface area contributed by atoms with Gasteiger partial charge in [0.2, 0.25) is 0 Å². The van der Waals surface area contributed by atoms with Crippen LogP contribution in [0.1, 0.15) is 12.0 Å². The van der Waals surface area contributed by atoms with Gasteiger partial charge in [0.15, 0.2) is 0 Å². The molecule has 0 aliphatic carbocycles. The molecule has 0 atom stereocenters. The van der Waals surface area contributed by atoms with Crippen LogP contribution < -0.4 is 10.1 Å². The van der Waals surface area contributed by atoms with E-state index in [1.807, 2.05) is 24.3 Å². The highest BCUT2D eigenvalue weighted by molar-refractivity contribution is 5.28. The maximum atomic E-state index is 5.72. The van der Waals surface area contributed by atoms with Gasteiger partial charge in [-0.3, -0.25) is 0 Å². The lowest BCUT2D eigenvalue weighted by Gasteiger charge is -2.26. The summed E-state index contributed by atoms with van der Waals surface area (Å²) in [6, 6.07) is 8.10. The molecule has 3 heteroatoms. The van der Waals surface area contributed by atoms with E-state index in [1.54, 1.807) is 7.11 Å². The van der Waals surface area contributed by atoms with Crippen molar-refractivity contribution in [3.63, 3.8) is 0 Å². The average molecular weight is 221 g/mol. The normalized spacial score (nSPS) is 15.8. The Morgan fingerprint density at radius 3 is 2.94 bits per heavy atom. The zero-order chi connectivity index (χ0) is 11.2. The molecule has 0 aromatic heterocycles. The molecular weight excluding hydrogens is 202 g/mol. The first-order chi connectivity index (χ1) is 7.88. The predicted molar refractivity (Wildman–Crippen MR) is 63.6 cm³/mol. The third-order valence-electron chi connectivity index (χ3n) is 2.87. The molecule has 0 spiro atoms. The summed E-state index contributed by atoms with van der Waals surface area (Å²) in [6.07, 6.45) is 1.14. The lowest BCUT2D eigenvalue weighted by molar-refractivity contribution is 0.184. The summed E-state index contributed by atoms with van der Waals surface area (Å²) in [4.78, 5) is 0. The number of benzene rings is 1. The molecule has 3 nitrogen and oxygen atoms in total. The van der Waals surface area contributed by atoms with Crippen molar-refractivity contribution in [1.82, 2.24) is 5.32 Å². The number of hydrogen-bond donors (Lipinski definition) is 1. The second-order valence-corrected chi connectivity index (χ2v) is 4.24. The second kappa shape index (κ2) is 5.87. The first-order valence-electron chi connectivity index (χ1n) is 5.80. The van der Waals surface area contributed by atoms with Gasteiger partial charge in [-0.2, -0.15) is 0 Å². The Morgan fingerprint density at radius 1 is 1.38 bits per heavy atom. The third-order valence-corrected chi connectivity index (χ3v) is 2.87. The van der Waals surface area contributed by atoms with Crippen LogP contribution in [0.3, 0.4) is 0 Å². The third kappa shape index (κ3) is 3.22. The van der Waals surface area contributed by atoms with E-state index >= 15 is 0 Å². The fourth-order valence-electron chi connectivity index (χ4n) is 1.79. The van der Waals surface area contributed by atoms with Crippen molar-refractivity contribution in [2.75, 3.05) is 26.8 Å². The van der Waals surface area contributed by atoms with Gasteiger partial charge in [-0.05, 0) is 43.1 Å². The molecule has 1 aromatic rings. The molecule has 88 valence electrons. The van der Waals surface area contributed by atoms with Crippen LogP contribution in [0.15, 0.2) is 24.3 Å². The monoisotopic (exact) mass is 221 g/mol. The van der Waals surface area contributed by atoms with E-state index in [-0.39, 0.29) is 0 Å². The number of methoxy groups -OCH3 is 1. The maximum absolute atomic E-state index is 5.72. The summed E-state index contributed by atoms with van der Waals surface area (Å²) < 4.78 is 10.8. The summed E-state index contributed by atoms with van der Waals surface area (Å²) in [5, 5.41) is 3.26. The smallest absolute Gasteiger partial charge is 0.119 e. The fraction of sp³-hybridized carbons (Fsp3) is 0.538. The summed E-state index contributed by atoms with van der Waals surface area (Å²) in [7, 11) is 1.71. The Morgan fingerprint density at radius 2 is 2.25 bits per heavy atom. The van der Waals surface area contributed by atoms with Crippen LogP contribution in [0, 0.1) is 5.92 Å². The minimum Gasteiger partial charge on any atom is -0.494 e. The SMILES string of the molecule is COCc1cccc(OCCC2CNC2)c1. The van der Waals surface area contributed by atoms with Gasteiger partial charge in [0.1, 0.15) is 5.75 Å². The minimum atomic E-state index is 0.643. The molecule has 0 saturated carbocycles. The van der Waals surface area contributed by atoms with Crippen LogP contribution in [0.5, 0.6) is 5.75 Å². The number of nitrogens with one attached hydrogen (secondary N) is 1. The largest absolute Gasteiger partial charge is 0.494 e. The second-order valence-electron chi connectivity index (χ2n) is 4.24. The highest BCUT2D eigenvalue weighted by Gasteiger charge is 2.15. The van der Waals surface area contributed by atoms with Crippen molar-refractivity contribution in [1.29, 1.82) is 0 Å². The first kappa shape index (κ1) is 11.4. The van der Waals surface area contributed by atoms with E-state index in [0.29, 0.717) is 6.61 Å². The summed E-state index contributed by atoms with van der Waals surface area (Å²) in [5.74, 6) is 1.75. The van der Waals surface area contributed by atoms with Crippen molar-refractivity contribution in [3.8, 4) is 5.75 Å². The van der Waals surface area contributed by atoms with Gasteiger partial charge >= 0.3 is 0 Å². The molecule has 1 aromatic carbocycles. The van der Waals surface area contributed by atoms with E-state index in [0.717, 1.165) is 43.3 Å². The predicted octanol–water partition coefficient (Wildman–Crippen LogP) is 1.82. The van der Waals surface area contributed by atoms with Crippen LogP contribution in [0.25, 0.3) is 0 Å². The molecule has 1 fully saturated rings. The maximum Gasteiger partial charge on any atom is 0.119 e. The van der Waals surface area contributed by atoms with E-state index < -0.39 is 0 Å². The van der Waals surface area contributed by atoms with E-state index in [1.165, 1.54) is 0 Å². The van der Waals surface area contributed by atoms with Crippen molar-refractivity contribution in [3.05, 3.63) is 29.8 Å². The number of ether oxygens (including phenoxy) is 2. The lowest BCUT2D eigenvalue weighted by atomic mass is 10.0. The lowest BCUT2D eigenvalue weighted by Crippen LogP contribution is -2.42. The molecule has 0 unspecified atom stereocenters. The van der Waals surface area contributed by atoms with Gasteiger partial charge in [0.25, 0.3) is 0 Å². The van der Waals surface area contributed by atoms with Crippen LogP contribution >= 0.6 is 0 Å². The zero-order valence-electron chi connectivity index (χ0n) is 9.74. The van der Waals surface area contributed by atoms with Gasteiger partial charge in [-0.25, -0.2) is 0 Å². The van der Waals surface area contributed by atoms with Gasteiger partial charge < -0.3 is 14.8 Å².